The minimum atomic E-state index is -3.11. The number of nitrogens with zero attached hydrogens (tertiary/aromatic N) is 2. The number of hydrogen-bond donors (Lipinski definition) is 1. The van der Waals surface area contributed by atoms with E-state index in [1.165, 1.54) is 6.42 Å². The molecule has 1 aliphatic heterocycles. The molecule has 0 aromatic carbocycles. The largest absolute Gasteiger partial charge is 0.357 e. The van der Waals surface area contributed by atoms with Gasteiger partial charge in [-0.15, -0.1) is 0 Å². The van der Waals surface area contributed by atoms with Crippen molar-refractivity contribution in [1.82, 2.24) is 10.2 Å². The highest BCUT2D eigenvalue weighted by Gasteiger charge is 2.28. The summed E-state index contributed by atoms with van der Waals surface area (Å²) in [7, 11) is -3.11. The maximum atomic E-state index is 12.2. The van der Waals surface area contributed by atoms with Crippen molar-refractivity contribution in [3.8, 4) is 0 Å². The maximum Gasteiger partial charge on any atom is 0.193 e. The molecule has 0 spiro atoms. The van der Waals surface area contributed by atoms with Crippen LogP contribution in [0.4, 0.5) is 0 Å². The molecule has 6 heteroatoms. The van der Waals surface area contributed by atoms with Gasteiger partial charge in [0.1, 0.15) is 0 Å². The summed E-state index contributed by atoms with van der Waals surface area (Å²) < 4.78 is 23.6. The van der Waals surface area contributed by atoms with Crippen molar-refractivity contribution in [2.75, 3.05) is 31.9 Å². The second-order valence-electron chi connectivity index (χ2n) is 7.52. The summed E-state index contributed by atoms with van der Waals surface area (Å²) in [6.45, 7) is 14.9. The lowest BCUT2D eigenvalue weighted by Crippen LogP contribution is -2.48. The Morgan fingerprint density at radius 3 is 2.23 bits per heavy atom. The van der Waals surface area contributed by atoms with Gasteiger partial charge in [0.2, 0.25) is 0 Å². The Morgan fingerprint density at radius 2 is 1.77 bits per heavy atom. The van der Waals surface area contributed by atoms with Crippen LogP contribution in [0, 0.1) is 11.8 Å². The fourth-order valence-corrected chi connectivity index (χ4v) is 3.78. The van der Waals surface area contributed by atoms with Crippen LogP contribution in [0.5, 0.6) is 0 Å². The van der Waals surface area contributed by atoms with Gasteiger partial charge in [-0.1, -0.05) is 13.8 Å². The molecule has 0 saturated carbocycles. The van der Waals surface area contributed by atoms with E-state index in [0.717, 1.165) is 25.6 Å². The first-order valence-electron chi connectivity index (χ1n) is 8.32. The number of rotatable bonds is 4. The molecule has 1 saturated heterocycles. The zero-order chi connectivity index (χ0) is 17.0. The number of nitrogens with one attached hydrogen (secondary N) is 1. The van der Waals surface area contributed by atoms with E-state index < -0.39 is 14.6 Å². The Kier molecular flexibility index (Phi) is 6.71. The third-order valence-corrected chi connectivity index (χ3v) is 6.64. The molecule has 1 rings (SSSR count). The standard InChI is InChI=1S/C16H33N3O2S/c1-7-17-15(19-11-13(2)10-14(3)12-19)18-8-9-22(20,21)16(4,5)6/h13-14H,7-12H2,1-6H3,(H,17,18). The van der Waals surface area contributed by atoms with E-state index in [2.05, 4.69) is 29.1 Å². The number of sulfone groups is 1. The Morgan fingerprint density at radius 1 is 1.23 bits per heavy atom. The Labute approximate surface area is 136 Å². The van der Waals surface area contributed by atoms with Crippen LogP contribution in [0.3, 0.4) is 0 Å². The predicted molar refractivity (Wildman–Crippen MR) is 94.0 cm³/mol. The first-order valence-corrected chi connectivity index (χ1v) is 9.97. The van der Waals surface area contributed by atoms with Gasteiger partial charge >= 0.3 is 0 Å². The lowest BCUT2D eigenvalue weighted by molar-refractivity contribution is 0.208. The molecule has 2 atom stereocenters. The van der Waals surface area contributed by atoms with E-state index in [4.69, 9.17) is 0 Å². The number of hydrogen-bond acceptors (Lipinski definition) is 3. The normalized spacial score (nSPS) is 24.5. The van der Waals surface area contributed by atoms with Crippen LogP contribution in [-0.2, 0) is 9.84 Å². The van der Waals surface area contributed by atoms with Crippen molar-refractivity contribution in [3.63, 3.8) is 0 Å². The van der Waals surface area contributed by atoms with Crippen molar-refractivity contribution in [2.45, 2.75) is 52.7 Å². The van der Waals surface area contributed by atoms with E-state index in [9.17, 15) is 8.42 Å². The van der Waals surface area contributed by atoms with E-state index >= 15 is 0 Å². The van der Waals surface area contributed by atoms with Crippen LogP contribution in [0.25, 0.3) is 0 Å². The van der Waals surface area contributed by atoms with E-state index in [1.54, 1.807) is 20.8 Å². The summed E-state index contributed by atoms with van der Waals surface area (Å²) >= 11 is 0. The highest BCUT2D eigenvalue weighted by Crippen LogP contribution is 2.21. The lowest BCUT2D eigenvalue weighted by atomic mass is 9.92. The SMILES string of the molecule is CCNC(=NCCS(=O)(=O)C(C)(C)C)N1CC(C)CC(C)C1. The molecule has 0 aliphatic carbocycles. The first kappa shape index (κ1) is 19.3. The highest BCUT2D eigenvalue weighted by molar-refractivity contribution is 7.92. The van der Waals surface area contributed by atoms with Gasteiger partial charge < -0.3 is 10.2 Å². The summed E-state index contributed by atoms with van der Waals surface area (Å²) in [6.07, 6.45) is 1.24. The van der Waals surface area contributed by atoms with Gasteiger partial charge in [0.05, 0.1) is 17.0 Å². The zero-order valence-corrected chi connectivity index (χ0v) is 15.8. The average molecular weight is 332 g/mol. The fraction of sp³-hybridized carbons (Fsp3) is 0.938. The third kappa shape index (κ3) is 5.45. The Balaban J connectivity index is 2.74. The second kappa shape index (κ2) is 7.66. The second-order valence-corrected chi connectivity index (χ2v) is 10.4. The van der Waals surface area contributed by atoms with Crippen LogP contribution >= 0.6 is 0 Å². The molecule has 2 unspecified atom stereocenters. The molecule has 1 heterocycles. The van der Waals surface area contributed by atoms with Crippen molar-refractivity contribution in [3.05, 3.63) is 0 Å². The minimum Gasteiger partial charge on any atom is -0.357 e. The molecule has 22 heavy (non-hydrogen) atoms. The van der Waals surface area contributed by atoms with Crippen molar-refractivity contribution in [1.29, 1.82) is 0 Å². The number of likely N-dealkylation sites (tertiary alicyclic amines) is 1. The minimum absolute atomic E-state index is 0.102. The summed E-state index contributed by atoms with van der Waals surface area (Å²) in [6, 6.07) is 0. The number of aliphatic imine (C=N–C) groups is 1. The summed E-state index contributed by atoms with van der Waals surface area (Å²) in [5.41, 5.74) is 0. The maximum absolute atomic E-state index is 12.2. The molecule has 0 bridgehead atoms. The molecular weight excluding hydrogens is 298 g/mol. The molecule has 0 aromatic rings. The van der Waals surface area contributed by atoms with Crippen LogP contribution in [0.15, 0.2) is 4.99 Å². The van der Waals surface area contributed by atoms with E-state index in [1.807, 2.05) is 6.92 Å². The Bertz CT molecular complexity index is 470. The van der Waals surface area contributed by atoms with Crippen LogP contribution in [0.1, 0.15) is 48.0 Å². The smallest absolute Gasteiger partial charge is 0.193 e. The number of guanidine groups is 1. The van der Waals surface area contributed by atoms with Gasteiger partial charge in [-0.25, -0.2) is 8.42 Å². The molecule has 0 amide bonds. The van der Waals surface area contributed by atoms with E-state index in [-0.39, 0.29) is 5.75 Å². The molecule has 1 N–H and O–H groups in total. The molecular formula is C16H33N3O2S. The Hall–Kier alpha value is -0.780. The van der Waals surface area contributed by atoms with Gasteiger partial charge in [-0.2, -0.15) is 0 Å². The number of piperidine rings is 1. The molecule has 0 radical (unpaired) electrons. The summed E-state index contributed by atoms with van der Waals surface area (Å²) in [5.74, 6) is 2.24. The molecule has 1 aliphatic rings. The van der Waals surface area contributed by atoms with Crippen molar-refractivity contribution in [2.24, 2.45) is 16.8 Å². The predicted octanol–water partition coefficient (Wildman–Crippen LogP) is 2.14. The fourth-order valence-electron chi connectivity index (χ4n) is 2.84. The van der Waals surface area contributed by atoms with Gasteiger partial charge in [-0.05, 0) is 46.0 Å². The monoisotopic (exact) mass is 331 g/mol. The van der Waals surface area contributed by atoms with Crippen LogP contribution in [-0.4, -0.2) is 56.0 Å². The molecule has 5 nitrogen and oxygen atoms in total. The first-order chi connectivity index (χ1) is 10.1. The zero-order valence-electron chi connectivity index (χ0n) is 15.0. The highest BCUT2D eigenvalue weighted by atomic mass is 32.2. The molecule has 130 valence electrons. The summed E-state index contributed by atoms with van der Waals surface area (Å²) in [4.78, 5) is 6.83. The van der Waals surface area contributed by atoms with E-state index in [0.29, 0.717) is 18.4 Å². The van der Waals surface area contributed by atoms with Gasteiger partial charge in [0.25, 0.3) is 0 Å². The lowest BCUT2D eigenvalue weighted by Gasteiger charge is -2.37. The van der Waals surface area contributed by atoms with Crippen molar-refractivity contribution < 1.29 is 8.42 Å². The van der Waals surface area contributed by atoms with Gasteiger partial charge in [0, 0.05) is 19.6 Å². The van der Waals surface area contributed by atoms with Crippen LogP contribution < -0.4 is 5.32 Å². The van der Waals surface area contributed by atoms with Gasteiger partial charge in [0.15, 0.2) is 15.8 Å². The summed E-state index contributed by atoms with van der Waals surface area (Å²) in [5, 5.41) is 3.30. The topological polar surface area (TPSA) is 61.8 Å². The third-order valence-electron chi connectivity index (χ3n) is 4.06. The average Bonchev–Trinajstić information content (AvgIpc) is 2.35. The van der Waals surface area contributed by atoms with Gasteiger partial charge in [-0.3, -0.25) is 4.99 Å². The van der Waals surface area contributed by atoms with Crippen molar-refractivity contribution >= 4 is 15.8 Å². The van der Waals surface area contributed by atoms with Crippen LogP contribution in [0.2, 0.25) is 0 Å². The molecule has 0 aromatic heterocycles. The molecule has 1 fully saturated rings. The quantitative estimate of drug-likeness (QED) is 0.633.